The van der Waals surface area contributed by atoms with Gasteiger partial charge in [-0.3, -0.25) is 10.1 Å². The van der Waals surface area contributed by atoms with Crippen LogP contribution in [0.15, 0.2) is 23.1 Å². The third-order valence-corrected chi connectivity index (χ3v) is 6.77. The average Bonchev–Trinajstić information content (AvgIpc) is 3.11. The summed E-state index contributed by atoms with van der Waals surface area (Å²) in [7, 11) is -2.28. The van der Waals surface area contributed by atoms with Gasteiger partial charge in [-0.1, -0.05) is 56.4 Å². The molecule has 0 spiro atoms. The Morgan fingerprint density at radius 3 is 2.54 bits per heavy atom. The number of nitrogens with zero attached hydrogens (tertiary/aromatic N) is 2. The highest BCUT2D eigenvalue weighted by atomic mass is 32.2. The summed E-state index contributed by atoms with van der Waals surface area (Å²) in [5.74, 6) is -0.395. The maximum Gasteiger partial charge on any atom is 0.257 e. The molecule has 2 aromatic rings. The number of hydrogen-bond donors (Lipinski definition) is 2. The van der Waals surface area contributed by atoms with Crippen molar-refractivity contribution in [3.8, 4) is 0 Å². The Hall–Kier alpha value is -1.84. The number of nitrogens with one attached hydrogen (secondary N) is 2. The minimum absolute atomic E-state index is 0.0479. The molecule has 1 amide bonds. The first-order valence-corrected chi connectivity index (χ1v) is 11.8. The average molecular weight is 425 g/mol. The van der Waals surface area contributed by atoms with E-state index in [0.29, 0.717) is 16.3 Å². The molecule has 1 heterocycles. The molecule has 9 heteroatoms. The quantitative estimate of drug-likeness (QED) is 0.533. The monoisotopic (exact) mass is 424 g/mol. The van der Waals surface area contributed by atoms with Crippen LogP contribution in [0.3, 0.4) is 0 Å². The van der Waals surface area contributed by atoms with Gasteiger partial charge in [-0.15, -0.1) is 10.2 Å². The van der Waals surface area contributed by atoms with Crippen LogP contribution in [0.1, 0.15) is 66.4 Å². The van der Waals surface area contributed by atoms with E-state index in [9.17, 15) is 13.2 Å². The fourth-order valence-electron chi connectivity index (χ4n) is 2.76. The van der Waals surface area contributed by atoms with Crippen molar-refractivity contribution < 1.29 is 13.2 Å². The van der Waals surface area contributed by atoms with Crippen LogP contribution in [-0.2, 0) is 16.4 Å². The second-order valence-corrected chi connectivity index (χ2v) is 9.61. The first-order valence-electron chi connectivity index (χ1n) is 9.55. The summed E-state index contributed by atoms with van der Waals surface area (Å²) in [5, 5.41) is 12.2. The van der Waals surface area contributed by atoms with Crippen LogP contribution in [-0.4, -0.2) is 31.6 Å². The van der Waals surface area contributed by atoms with Crippen molar-refractivity contribution >= 4 is 32.4 Å². The Balaban J connectivity index is 1.97. The molecule has 0 aliphatic heterocycles. The third-order valence-electron chi connectivity index (χ3n) is 4.46. The first kappa shape index (κ1) is 22.4. The third kappa shape index (κ3) is 6.35. The van der Waals surface area contributed by atoms with Gasteiger partial charge in [0.25, 0.3) is 5.91 Å². The SMILES string of the molecule is CCCCCCCCc1nnc(NC(=O)c2cc(S(=O)(=O)NC)ccc2C)s1. The van der Waals surface area contributed by atoms with Crippen molar-refractivity contribution in [3.05, 3.63) is 34.3 Å². The van der Waals surface area contributed by atoms with Crippen molar-refractivity contribution in [2.24, 2.45) is 0 Å². The lowest BCUT2D eigenvalue weighted by Crippen LogP contribution is -2.20. The highest BCUT2D eigenvalue weighted by Gasteiger charge is 2.17. The topological polar surface area (TPSA) is 101 Å². The summed E-state index contributed by atoms with van der Waals surface area (Å²) in [6.07, 6.45) is 8.13. The number of carbonyl (C=O) groups excluding carboxylic acids is 1. The molecule has 154 valence electrons. The van der Waals surface area contributed by atoms with Crippen LogP contribution in [0.25, 0.3) is 0 Å². The molecule has 1 aromatic heterocycles. The number of unbranched alkanes of at least 4 members (excludes halogenated alkanes) is 5. The van der Waals surface area contributed by atoms with Crippen molar-refractivity contribution in [2.75, 3.05) is 12.4 Å². The highest BCUT2D eigenvalue weighted by Crippen LogP contribution is 2.21. The molecule has 2 N–H and O–H groups in total. The largest absolute Gasteiger partial charge is 0.296 e. The number of hydrogen-bond acceptors (Lipinski definition) is 6. The summed E-state index contributed by atoms with van der Waals surface area (Å²) in [5.41, 5.74) is 0.980. The molecule has 2 rings (SSSR count). The van der Waals surface area contributed by atoms with E-state index in [0.717, 1.165) is 17.8 Å². The van der Waals surface area contributed by atoms with Crippen molar-refractivity contribution in [1.29, 1.82) is 0 Å². The number of benzene rings is 1. The molecule has 0 saturated carbocycles. The van der Waals surface area contributed by atoms with Crippen LogP contribution in [0.4, 0.5) is 5.13 Å². The second-order valence-electron chi connectivity index (χ2n) is 6.66. The maximum absolute atomic E-state index is 12.6. The maximum atomic E-state index is 12.6. The van der Waals surface area contributed by atoms with E-state index in [-0.39, 0.29) is 4.90 Å². The van der Waals surface area contributed by atoms with Crippen molar-refractivity contribution in [2.45, 2.75) is 63.7 Å². The Bertz CT molecular complexity index is 894. The van der Waals surface area contributed by atoms with E-state index >= 15 is 0 Å². The molecular weight excluding hydrogens is 396 g/mol. The molecule has 0 radical (unpaired) electrons. The molecular formula is C19H28N4O3S2. The van der Waals surface area contributed by atoms with Gasteiger partial charge < -0.3 is 0 Å². The molecule has 0 bridgehead atoms. The summed E-state index contributed by atoms with van der Waals surface area (Å²) < 4.78 is 26.2. The Kier molecular flexibility index (Phi) is 8.53. The number of aryl methyl sites for hydroxylation is 2. The molecule has 0 atom stereocenters. The Morgan fingerprint density at radius 1 is 1.11 bits per heavy atom. The normalized spacial score (nSPS) is 11.5. The fourth-order valence-corrected chi connectivity index (χ4v) is 4.29. The van der Waals surface area contributed by atoms with Gasteiger partial charge in [0, 0.05) is 12.0 Å². The lowest BCUT2D eigenvalue weighted by atomic mass is 10.1. The van der Waals surface area contributed by atoms with Gasteiger partial charge >= 0.3 is 0 Å². The molecule has 0 aliphatic carbocycles. The van der Waals surface area contributed by atoms with Gasteiger partial charge in [0.05, 0.1) is 4.90 Å². The number of sulfonamides is 1. The zero-order valence-corrected chi connectivity index (χ0v) is 18.3. The predicted octanol–water partition coefficient (Wildman–Crippen LogP) is 3.91. The smallest absolute Gasteiger partial charge is 0.257 e. The van der Waals surface area contributed by atoms with E-state index in [2.05, 4.69) is 27.2 Å². The molecule has 7 nitrogen and oxygen atoms in total. The van der Waals surface area contributed by atoms with Crippen molar-refractivity contribution in [3.63, 3.8) is 0 Å². The number of carbonyl (C=O) groups is 1. The van der Waals surface area contributed by atoms with Gasteiger partial charge in [0.1, 0.15) is 5.01 Å². The van der Waals surface area contributed by atoms with Crippen LogP contribution < -0.4 is 10.0 Å². The summed E-state index contributed by atoms with van der Waals surface area (Å²) in [6.45, 7) is 3.96. The van der Waals surface area contributed by atoms with E-state index in [1.165, 1.54) is 62.6 Å². The van der Waals surface area contributed by atoms with Gasteiger partial charge in [-0.05, 0) is 38.1 Å². The number of anilines is 1. The molecule has 0 saturated heterocycles. The molecule has 28 heavy (non-hydrogen) atoms. The molecule has 0 unspecified atom stereocenters. The van der Waals surface area contributed by atoms with E-state index in [1.807, 2.05) is 0 Å². The fraction of sp³-hybridized carbons (Fsp3) is 0.526. The number of amides is 1. The standard InChI is InChI=1S/C19H28N4O3S2/c1-4-5-6-7-8-9-10-17-22-23-19(27-17)21-18(24)16-13-15(12-11-14(16)2)28(25,26)20-3/h11-13,20H,4-10H2,1-3H3,(H,21,23,24). The minimum atomic E-state index is -3.61. The van der Waals surface area contributed by atoms with Crippen LogP contribution in [0.2, 0.25) is 0 Å². The van der Waals surface area contributed by atoms with Gasteiger partial charge in [0.15, 0.2) is 0 Å². The Labute approximate surface area is 171 Å². The lowest BCUT2D eigenvalue weighted by molar-refractivity contribution is 0.102. The van der Waals surface area contributed by atoms with E-state index < -0.39 is 15.9 Å². The molecule has 1 aromatic carbocycles. The zero-order valence-electron chi connectivity index (χ0n) is 16.6. The zero-order chi connectivity index (χ0) is 20.6. The summed E-state index contributed by atoms with van der Waals surface area (Å²) in [4.78, 5) is 12.6. The predicted molar refractivity (Wildman–Crippen MR) is 112 cm³/mol. The Morgan fingerprint density at radius 2 is 1.82 bits per heavy atom. The van der Waals surface area contributed by atoms with E-state index in [4.69, 9.17) is 0 Å². The van der Waals surface area contributed by atoms with Crippen LogP contribution in [0, 0.1) is 6.92 Å². The van der Waals surface area contributed by atoms with Gasteiger partial charge in [0.2, 0.25) is 15.2 Å². The molecule has 0 fully saturated rings. The van der Waals surface area contributed by atoms with Gasteiger partial charge in [-0.2, -0.15) is 0 Å². The summed E-state index contributed by atoms with van der Waals surface area (Å²) >= 11 is 1.36. The van der Waals surface area contributed by atoms with Gasteiger partial charge in [-0.25, -0.2) is 13.1 Å². The second kappa shape index (κ2) is 10.6. The van der Waals surface area contributed by atoms with Crippen molar-refractivity contribution in [1.82, 2.24) is 14.9 Å². The molecule has 0 aliphatic rings. The first-order chi connectivity index (χ1) is 13.4. The lowest BCUT2D eigenvalue weighted by Gasteiger charge is -2.08. The van der Waals surface area contributed by atoms with Crippen LogP contribution in [0.5, 0.6) is 0 Å². The minimum Gasteiger partial charge on any atom is -0.296 e. The number of aromatic nitrogens is 2. The number of rotatable bonds is 11. The van der Waals surface area contributed by atoms with E-state index in [1.54, 1.807) is 13.0 Å². The van der Waals surface area contributed by atoms with Crippen LogP contribution >= 0.6 is 11.3 Å². The highest BCUT2D eigenvalue weighted by molar-refractivity contribution is 7.89. The summed E-state index contributed by atoms with van der Waals surface area (Å²) in [6, 6.07) is 4.46.